The number of allylic oxidation sites excluding steroid dienone is 2. The Bertz CT molecular complexity index is 1170. The zero-order chi connectivity index (χ0) is 21.5. The summed E-state index contributed by atoms with van der Waals surface area (Å²) in [5, 5.41) is 0. The number of Topliss-reactive ketones (excluding diaryl/α,β-unsaturated/α-hetero) is 1. The van der Waals surface area contributed by atoms with Crippen molar-refractivity contribution in [2.45, 2.75) is 33.1 Å². The van der Waals surface area contributed by atoms with Gasteiger partial charge < -0.3 is 4.90 Å². The first-order valence-corrected chi connectivity index (χ1v) is 10.3. The van der Waals surface area contributed by atoms with Crippen LogP contribution in [0.15, 0.2) is 91.2 Å². The van der Waals surface area contributed by atoms with Crippen LogP contribution in [0.3, 0.4) is 0 Å². The lowest BCUT2D eigenvalue weighted by atomic mass is 9.81. The van der Waals surface area contributed by atoms with Crippen LogP contribution in [0.4, 0.5) is 11.4 Å². The van der Waals surface area contributed by atoms with Gasteiger partial charge in [0.05, 0.1) is 0 Å². The Balaban J connectivity index is 1.89. The molecule has 1 aliphatic carbocycles. The van der Waals surface area contributed by atoms with Crippen molar-refractivity contribution in [1.82, 2.24) is 0 Å². The second kappa shape index (κ2) is 7.46. The van der Waals surface area contributed by atoms with Crippen molar-refractivity contribution >= 4 is 17.2 Å². The minimum Gasteiger partial charge on any atom is -0.311 e. The van der Waals surface area contributed by atoms with E-state index in [2.05, 4.69) is 86.0 Å². The van der Waals surface area contributed by atoms with Gasteiger partial charge in [0.25, 0.3) is 0 Å². The molecule has 0 aromatic heterocycles. The molecule has 0 heterocycles. The molecule has 2 heteroatoms. The van der Waals surface area contributed by atoms with Gasteiger partial charge in [-0.15, -0.1) is 0 Å². The number of hydrogen-bond donors (Lipinski definition) is 0. The number of ketones is 1. The Morgan fingerprint density at radius 3 is 2.13 bits per heavy atom. The molecule has 150 valence electrons. The van der Waals surface area contributed by atoms with Gasteiger partial charge in [-0.2, -0.15) is 0 Å². The summed E-state index contributed by atoms with van der Waals surface area (Å²) in [6.45, 7) is 12.2. The summed E-state index contributed by atoms with van der Waals surface area (Å²) >= 11 is 0. The summed E-state index contributed by atoms with van der Waals surface area (Å²) in [7, 11) is 0. The quantitative estimate of drug-likeness (QED) is 0.332. The van der Waals surface area contributed by atoms with E-state index < -0.39 is 0 Å². The number of benzene rings is 3. The molecule has 0 aliphatic heterocycles. The second-order valence-electron chi connectivity index (χ2n) is 8.26. The molecule has 0 radical (unpaired) electrons. The lowest BCUT2D eigenvalue weighted by molar-refractivity contribution is 0.101. The standard InChI is InChI=1S/C28H27NO/c1-6-21(7-2)29(22-11-9-8-10-12-22)23-14-16-25-24-15-13-20(19(3)30)17-26(24)28(4,5)27(25)18-23/h6-18H,1H2,2-5H3. The van der Waals surface area contributed by atoms with Crippen LogP contribution in [0.5, 0.6) is 0 Å². The van der Waals surface area contributed by atoms with E-state index in [-0.39, 0.29) is 11.2 Å². The zero-order valence-corrected chi connectivity index (χ0v) is 18.1. The van der Waals surface area contributed by atoms with Gasteiger partial charge in [-0.3, -0.25) is 4.79 Å². The minimum atomic E-state index is -0.182. The van der Waals surface area contributed by atoms with Gasteiger partial charge in [0.1, 0.15) is 0 Å². The van der Waals surface area contributed by atoms with E-state index in [1.54, 1.807) is 6.92 Å². The SMILES string of the molecule is C=CC(=CC)N(c1ccccc1)c1ccc2c(c1)C(C)(C)c1cc(C(C)=O)ccc1-2. The number of carbonyl (C=O) groups excluding carboxylic acids is 1. The number of nitrogens with zero attached hydrogens (tertiary/aromatic N) is 1. The van der Waals surface area contributed by atoms with E-state index in [1.165, 1.54) is 22.3 Å². The fraction of sp³-hybridized carbons (Fsp3) is 0.179. The molecule has 0 saturated carbocycles. The maximum atomic E-state index is 11.9. The fourth-order valence-corrected chi connectivity index (χ4v) is 4.45. The molecule has 0 fully saturated rings. The van der Waals surface area contributed by atoms with Gasteiger partial charge >= 0.3 is 0 Å². The molecule has 0 atom stereocenters. The van der Waals surface area contributed by atoms with Crippen molar-refractivity contribution in [3.8, 4) is 11.1 Å². The molecule has 0 unspecified atom stereocenters. The number of anilines is 2. The fourth-order valence-electron chi connectivity index (χ4n) is 4.45. The second-order valence-corrected chi connectivity index (χ2v) is 8.26. The summed E-state index contributed by atoms with van der Waals surface area (Å²) in [6.07, 6.45) is 3.96. The third-order valence-corrected chi connectivity index (χ3v) is 6.10. The summed E-state index contributed by atoms with van der Waals surface area (Å²) in [4.78, 5) is 14.2. The molecule has 30 heavy (non-hydrogen) atoms. The van der Waals surface area contributed by atoms with Crippen molar-refractivity contribution in [3.05, 3.63) is 108 Å². The van der Waals surface area contributed by atoms with Crippen molar-refractivity contribution in [2.24, 2.45) is 0 Å². The van der Waals surface area contributed by atoms with E-state index in [9.17, 15) is 4.79 Å². The van der Waals surface area contributed by atoms with Crippen molar-refractivity contribution in [3.63, 3.8) is 0 Å². The normalized spacial score (nSPS) is 14.1. The maximum absolute atomic E-state index is 11.9. The van der Waals surface area contributed by atoms with E-state index in [0.717, 1.165) is 22.6 Å². The molecule has 2 nitrogen and oxygen atoms in total. The lowest BCUT2D eigenvalue weighted by Gasteiger charge is -2.28. The molecule has 0 spiro atoms. The smallest absolute Gasteiger partial charge is 0.159 e. The van der Waals surface area contributed by atoms with Gasteiger partial charge in [-0.1, -0.05) is 62.9 Å². The number of rotatable bonds is 5. The van der Waals surface area contributed by atoms with Crippen LogP contribution in [0.2, 0.25) is 0 Å². The van der Waals surface area contributed by atoms with Crippen LogP contribution in [0, 0.1) is 0 Å². The predicted octanol–water partition coefficient (Wildman–Crippen LogP) is 7.42. The molecular weight excluding hydrogens is 366 g/mol. The van der Waals surface area contributed by atoms with E-state index in [0.29, 0.717) is 0 Å². The first kappa shape index (κ1) is 19.9. The Hall–Kier alpha value is -3.39. The lowest BCUT2D eigenvalue weighted by Crippen LogP contribution is -2.18. The maximum Gasteiger partial charge on any atom is 0.159 e. The monoisotopic (exact) mass is 393 g/mol. The third-order valence-electron chi connectivity index (χ3n) is 6.10. The molecule has 0 saturated heterocycles. The molecule has 3 aromatic carbocycles. The van der Waals surface area contributed by atoms with Gasteiger partial charge in [0.15, 0.2) is 5.78 Å². The van der Waals surface area contributed by atoms with Crippen molar-refractivity contribution < 1.29 is 4.79 Å². The average molecular weight is 394 g/mol. The van der Waals surface area contributed by atoms with Crippen LogP contribution in [0.1, 0.15) is 49.2 Å². The molecule has 0 N–H and O–H groups in total. The van der Waals surface area contributed by atoms with Crippen LogP contribution in [0.25, 0.3) is 11.1 Å². The van der Waals surface area contributed by atoms with Gasteiger partial charge in [0, 0.05) is 28.1 Å². The molecular formula is C28H27NO. The summed E-state index contributed by atoms with van der Waals surface area (Å²) in [6, 6.07) is 23.1. The molecule has 0 amide bonds. The van der Waals surface area contributed by atoms with E-state index in [1.807, 2.05) is 25.1 Å². The zero-order valence-electron chi connectivity index (χ0n) is 18.1. The van der Waals surface area contributed by atoms with Gasteiger partial charge in [-0.25, -0.2) is 0 Å². The summed E-state index contributed by atoms with van der Waals surface area (Å²) in [5.74, 6) is 0.101. The Morgan fingerprint density at radius 1 is 0.900 bits per heavy atom. The first-order valence-electron chi connectivity index (χ1n) is 10.3. The topological polar surface area (TPSA) is 20.3 Å². The number of carbonyl (C=O) groups is 1. The molecule has 4 rings (SSSR count). The highest BCUT2D eigenvalue weighted by Gasteiger charge is 2.36. The largest absolute Gasteiger partial charge is 0.311 e. The first-order chi connectivity index (χ1) is 14.4. The van der Waals surface area contributed by atoms with Crippen LogP contribution in [-0.2, 0) is 5.41 Å². The van der Waals surface area contributed by atoms with E-state index >= 15 is 0 Å². The van der Waals surface area contributed by atoms with Crippen molar-refractivity contribution in [2.75, 3.05) is 4.90 Å². The Kier molecular flexibility index (Phi) is 4.95. The number of hydrogen-bond acceptors (Lipinski definition) is 2. The predicted molar refractivity (Wildman–Crippen MR) is 127 cm³/mol. The van der Waals surface area contributed by atoms with Crippen LogP contribution >= 0.6 is 0 Å². The highest BCUT2D eigenvalue weighted by molar-refractivity contribution is 5.96. The van der Waals surface area contributed by atoms with Gasteiger partial charge in [-0.05, 0) is 72.5 Å². The van der Waals surface area contributed by atoms with E-state index in [4.69, 9.17) is 0 Å². The molecule has 0 bridgehead atoms. The number of para-hydroxylation sites is 1. The highest BCUT2D eigenvalue weighted by Crippen LogP contribution is 2.50. The van der Waals surface area contributed by atoms with Crippen molar-refractivity contribution in [1.29, 1.82) is 0 Å². The van der Waals surface area contributed by atoms with Crippen LogP contribution in [-0.4, -0.2) is 5.78 Å². The average Bonchev–Trinajstić information content (AvgIpc) is 2.98. The molecule has 3 aromatic rings. The third kappa shape index (κ3) is 3.09. The summed E-state index contributed by atoms with van der Waals surface area (Å²) < 4.78 is 0. The summed E-state index contributed by atoms with van der Waals surface area (Å²) in [5.41, 5.74) is 8.75. The number of fused-ring (bicyclic) bond motifs is 3. The molecule has 1 aliphatic rings. The van der Waals surface area contributed by atoms with Crippen LogP contribution < -0.4 is 4.90 Å². The van der Waals surface area contributed by atoms with Gasteiger partial charge in [0.2, 0.25) is 0 Å². The Morgan fingerprint density at radius 2 is 1.53 bits per heavy atom. The minimum absolute atomic E-state index is 0.101. The Labute approximate surface area is 179 Å². The highest BCUT2D eigenvalue weighted by atomic mass is 16.1.